The summed E-state index contributed by atoms with van der Waals surface area (Å²) in [7, 11) is 0. The summed E-state index contributed by atoms with van der Waals surface area (Å²) in [6, 6.07) is 17.7. The van der Waals surface area contributed by atoms with Gasteiger partial charge in [0, 0.05) is 11.8 Å². The maximum Gasteiger partial charge on any atom is 0.158 e. The molecule has 0 spiro atoms. The van der Waals surface area contributed by atoms with Crippen molar-refractivity contribution in [3.05, 3.63) is 77.4 Å². The minimum Gasteiger partial charge on any atom is -0.508 e. The summed E-state index contributed by atoms with van der Waals surface area (Å²) in [6.45, 7) is 0. The maximum atomic E-state index is 9.47. The van der Waals surface area contributed by atoms with E-state index in [2.05, 4.69) is 22.3 Å². The number of hydrogen-bond donors (Lipinski definition) is 2. The molecule has 1 fully saturated rings. The Morgan fingerprint density at radius 2 is 1.78 bits per heavy atom. The molecule has 1 aliphatic carbocycles. The second-order valence-electron chi connectivity index (χ2n) is 6.19. The van der Waals surface area contributed by atoms with E-state index in [0.29, 0.717) is 11.7 Å². The number of nitrogens with one attached hydrogen (secondary N) is 1. The molecule has 1 atom stereocenters. The topological polar surface area (TPSA) is 61.8 Å². The quantitative estimate of drug-likeness (QED) is 0.754. The lowest BCUT2D eigenvalue weighted by molar-refractivity contribution is 0.475. The zero-order valence-corrected chi connectivity index (χ0v) is 12.8. The van der Waals surface area contributed by atoms with Crippen molar-refractivity contribution in [2.45, 2.75) is 31.1 Å². The molecule has 23 heavy (non-hydrogen) atoms. The van der Waals surface area contributed by atoms with E-state index >= 15 is 0 Å². The van der Waals surface area contributed by atoms with Gasteiger partial charge in [0.15, 0.2) is 5.82 Å². The lowest BCUT2D eigenvalue weighted by atomic mass is 9.91. The molecule has 1 saturated carbocycles. The third-order valence-electron chi connectivity index (χ3n) is 4.37. The van der Waals surface area contributed by atoms with Crippen molar-refractivity contribution in [1.82, 2.24) is 15.2 Å². The highest BCUT2D eigenvalue weighted by Crippen LogP contribution is 2.38. The van der Waals surface area contributed by atoms with Gasteiger partial charge in [0.1, 0.15) is 11.6 Å². The Kier molecular flexibility index (Phi) is 3.58. The second-order valence-corrected chi connectivity index (χ2v) is 6.19. The lowest BCUT2D eigenvalue weighted by Gasteiger charge is -2.14. The lowest BCUT2D eigenvalue weighted by Crippen LogP contribution is -2.07. The normalized spacial score (nSPS) is 15.5. The average molecular weight is 305 g/mol. The van der Waals surface area contributed by atoms with Crippen LogP contribution in [0.2, 0.25) is 0 Å². The van der Waals surface area contributed by atoms with Crippen LogP contribution in [0, 0.1) is 0 Å². The minimum absolute atomic E-state index is 0.115. The van der Waals surface area contributed by atoms with Gasteiger partial charge in [0.05, 0.1) is 0 Å². The van der Waals surface area contributed by atoms with Gasteiger partial charge >= 0.3 is 0 Å². The smallest absolute Gasteiger partial charge is 0.158 e. The molecule has 4 rings (SSSR count). The molecule has 0 saturated heterocycles. The third-order valence-corrected chi connectivity index (χ3v) is 4.37. The van der Waals surface area contributed by atoms with Crippen molar-refractivity contribution in [2.75, 3.05) is 0 Å². The number of hydrogen-bond acceptors (Lipinski definition) is 3. The summed E-state index contributed by atoms with van der Waals surface area (Å²) in [6.07, 6.45) is 3.23. The molecule has 1 unspecified atom stereocenters. The fourth-order valence-electron chi connectivity index (χ4n) is 2.89. The largest absolute Gasteiger partial charge is 0.508 e. The number of H-pyrrole nitrogens is 1. The molecular weight excluding hydrogens is 286 g/mol. The molecule has 1 heterocycles. The van der Waals surface area contributed by atoms with Crippen LogP contribution in [-0.2, 0) is 6.42 Å². The molecule has 1 aliphatic rings. The molecule has 2 N–H and O–H groups in total. The first kappa shape index (κ1) is 14.0. The van der Waals surface area contributed by atoms with Crippen LogP contribution in [0.25, 0.3) is 0 Å². The molecule has 4 heteroatoms. The molecule has 0 bridgehead atoms. The summed E-state index contributed by atoms with van der Waals surface area (Å²) in [4.78, 5) is 4.75. The highest BCUT2D eigenvalue weighted by Gasteiger charge is 2.29. The van der Waals surface area contributed by atoms with Gasteiger partial charge in [-0.3, -0.25) is 5.10 Å². The van der Waals surface area contributed by atoms with E-state index in [1.54, 1.807) is 12.1 Å². The Hall–Kier alpha value is -2.62. The fourth-order valence-corrected chi connectivity index (χ4v) is 2.89. The number of rotatable bonds is 5. The highest BCUT2D eigenvalue weighted by atomic mass is 16.3. The van der Waals surface area contributed by atoms with Crippen LogP contribution in [0.4, 0.5) is 0 Å². The van der Waals surface area contributed by atoms with Crippen LogP contribution in [0.5, 0.6) is 5.75 Å². The predicted molar refractivity (Wildman–Crippen MR) is 88.5 cm³/mol. The fraction of sp³-hybridized carbons (Fsp3) is 0.263. The first-order valence-electron chi connectivity index (χ1n) is 8.04. The van der Waals surface area contributed by atoms with Crippen molar-refractivity contribution >= 4 is 0 Å². The minimum atomic E-state index is 0.115. The monoisotopic (exact) mass is 305 g/mol. The number of nitrogens with zero attached hydrogens (tertiary/aromatic N) is 2. The van der Waals surface area contributed by atoms with Crippen LogP contribution in [0.3, 0.4) is 0 Å². The zero-order chi connectivity index (χ0) is 15.6. The van der Waals surface area contributed by atoms with E-state index in [1.165, 1.54) is 18.4 Å². The van der Waals surface area contributed by atoms with Gasteiger partial charge in [-0.05, 0) is 42.5 Å². The zero-order valence-electron chi connectivity index (χ0n) is 12.8. The molecule has 4 nitrogen and oxygen atoms in total. The number of benzene rings is 2. The van der Waals surface area contributed by atoms with Crippen molar-refractivity contribution in [2.24, 2.45) is 0 Å². The molecular formula is C19H19N3O. The van der Waals surface area contributed by atoms with Crippen LogP contribution in [0.15, 0.2) is 54.6 Å². The number of phenols is 1. The predicted octanol–water partition coefficient (Wildman–Crippen LogP) is 3.76. The van der Waals surface area contributed by atoms with E-state index in [9.17, 15) is 5.11 Å². The van der Waals surface area contributed by atoms with Gasteiger partial charge in [0.2, 0.25) is 0 Å². The third kappa shape index (κ3) is 3.11. The van der Waals surface area contributed by atoms with E-state index in [1.807, 2.05) is 30.3 Å². The molecule has 2 aromatic carbocycles. The molecule has 116 valence electrons. The molecule has 0 aliphatic heterocycles. The van der Waals surface area contributed by atoms with E-state index in [4.69, 9.17) is 4.98 Å². The summed E-state index contributed by atoms with van der Waals surface area (Å²) in [5, 5.41) is 17.1. The maximum absolute atomic E-state index is 9.47. The van der Waals surface area contributed by atoms with Gasteiger partial charge in [-0.2, -0.15) is 5.10 Å². The van der Waals surface area contributed by atoms with Gasteiger partial charge in [-0.25, -0.2) is 4.98 Å². The Balaban J connectivity index is 1.66. The standard InChI is InChI=1S/C19H19N3O/c23-16-10-6-13(7-11-16)12-17(14-4-2-1-3-5-14)19-20-18(21-22-19)15-8-9-15/h1-7,10-11,15,17,23H,8-9,12H2,(H,20,21,22). The van der Waals surface area contributed by atoms with Crippen molar-refractivity contribution in [3.8, 4) is 5.75 Å². The van der Waals surface area contributed by atoms with Crippen LogP contribution in [-0.4, -0.2) is 20.3 Å². The summed E-state index contributed by atoms with van der Waals surface area (Å²) in [5.74, 6) is 2.85. The van der Waals surface area contributed by atoms with Gasteiger partial charge < -0.3 is 5.11 Å². The van der Waals surface area contributed by atoms with Crippen molar-refractivity contribution in [3.63, 3.8) is 0 Å². The number of aromatic hydroxyl groups is 1. The van der Waals surface area contributed by atoms with E-state index in [0.717, 1.165) is 23.6 Å². The SMILES string of the molecule is Oc1ccc(CC(c2ccccc2)c2n[nH]c(C3CC3)n2)cc1. The van der Waals surface area contributed by atoms with Crippen LogP contribution >= 0.6 is 0 Å². The first-order valence-corrected chi connectivity index (χ1v) is 8.04. The Labute approximate surface area is 135 Å². The van der Waals surface area contributed by atoms with E-state index < -0.39 is 0 Å². The Bertz CT molecular complexity index is 776. The molecule has 1 aromatic heterocycles. The Morgan fingerprint density at radius 3 is 2.48 bits per heavy atom. The van der Waals surface area contributed by atoms with Gasteiger partial charge in [-0.1, -0.05) is 42.5 Å². The molecule has 0 radical (unpaired) electrons. The summed E-state index contributed by atoms with van der Waals surface area (Å²) >= 11 is 0. The highest BCUT2D eigenvalue weighted by molar-refractivity contribution is 5.32. The van der Waals surface area contributed by atoms with Gasteiger partial charge in [0.25, 0.3) is 0 Å². The van der Waals surface area contributed by atoms with Crippen LogP contribution < -0.4 is 0 Å². The number of aromatic nitrogens is 3. The van der Waals surface area contributed by atoms with Crippen molar-refractivity contribution < 1.29 is 5.11 Å². The molecule has 0 amide bonds. The van der Waals surface area contributed by atoms with Crippen molar-refractivity contribution in [1.29, 1.82) is 0 Å². The number of phenolic OH excluding ortho intramolecular Hbond substituents is 1. The molecule has 3 aromatic rings. The Morgan fingerprint density at radius 1 is 1.04 bits per heavy atom. The summed E-state index contributed by atoms with van der Waals surface area (Å²) < 4.78 is 0. The first-order chi connectivity index (χ1) is 11.3. The second kappa shape index (κ2) is 5.88. The van der Waals surface area contributed by atoms with E-state index in [-0.39, 0.29) is 5.92 Å². The summed E-state index contributed by atoms with van der Waals surface area (Å²) in [5.41, 5.74) is 2.37. The average Bonchev–Trinajstić information content (AvgIpc) is 3.33. The van der Waals surface area contributed by atoms with Gasteiger partial charge in [-0.15, -0.1) is 0 Å². The number of aromatic amines is 1. The van der Waals surface area contributed by atoms with Crippen LogP contribution in [0.1, 0.15) is 47.5 Å².